The van der Waals surface area contributed by atoms with Crippen molar-refractivity contribution in [2.75, 3.05) is 25.1 Å². The summed E-state index contributed by atoms with van der Waals surface area (Å²) in [5, 5.41) is 11.8. The number of hydrogen-bond acceptors (Lipinski definition) is 4. The molecule has 1 N–H and O–H groups in total. The van der Waals surface area contributed by atoms with Crippen molar-refractivity contribution in [3.8, 4) is 0 Å². The Balaban J connectivity index is 1.87. The zero-order valence-electron chi connectivity index (χ0n) is 8.78. The zero-order valence-corrected chi connectivity index (χ0v) is 8.78. The van der Waals surface area contributed by atoms with Gasteiger partial charge in [0.05, 0.1) is 0 Å². The lowest BCUT2D eigenvalue weighted by molar-refractivity contribution is 0.0827. The number of ether oxygens (including phenoxy) is 1. The summed E-state index contributed by atoms with van der Waals surface area (Å²) >= 11 is 0. The van der Waals surface area contributed by atoms with Gasteiger partial charge in [0.1, 0.15) is 5.82 Å². The van der Waals surface area contributed by atoms with Crippen molar-refractivity contribution in [2.45, 2.75) is 31.7 Å². The van der Waals surface area contributed by atoms with E-state index in [1.165, 1.54) is 6.42 Å². The van der Waals surface area contributed by atoms with Gasteiger partial charge in [-0.25, -0.2) is 0 Å². The van der Waals surface area contributed by atoms with Gasteiger partial charge < -0.3 is 10.1 Å². The summed E-state index contributed by atoms with van der Waals surface area (Å²) in [7, 11) is 0. The highest BCUT2D eigenvalue weighted by Gasteiger charge is 2.24. The van der Waals surface area contributed by atoms with Crippen molar-refractivity contribution in [1.29, 1.82) is 0 Å². The van der Waals surface area contributed by atoms with E-state index < -0.39 is 0 Å². The third-order valence-electron chi connectivity index (χ3n) is 3.21. The molecule has 2 aliphatic rings. The van der Waals surface area contributed by atoms with Gasteiger partial charge in [-0.1, -0.05) is 0 Å². The molecule has 0 bridgehead atoms. The van der Waals surface area contributed by atoms with Crippen LogP contribution in [-0.4, -0.2) is 34.5 Å². The van der Waals surface area contributed by atoms with Crippen LogP contribution in [0.1, 0.15) is 31.0 Å². The van der Waals surface area contributed by atoms with Gasteiger partial charge in [0.2, 0.25) is 5.95 Å². The van der Waals surface area contributed by atoms with E-state index in [1.54, 1.807) is 0 Å². The van der Waals surface area contributed by atoms with Crippen LogP contribution in [0, 0.1) is 0 Å². The second-order valence-electron chi connectivity index (χ2n) is 4.20. The maximum Gasteiger partial charge on any atom is 0.224 e. The normalized spacial score (nSPS) is 22.1. The second kappa shape index (κ2) is 3.81. The average molecular weight is 208 g/mol. The number of nitrogens with one attached hydrogen (secondary N) is 1. The molecule has 1 saturated heterocycles. The first-order valence-corrected chi connectivity index (χ1v) is 5.70. The second-order valence-corrected chi connectivity index (χ2v) is 4.20. The number of rotatable bonds is 1. The maximum atomic E-state index is 5.37. The fraction of sp³-hybridized carbons (Fsp3) is 0.800. The third kappa shape index (κ3) is 1.61. The van der Waals surface area contributed by atoms with Gasteiger partial charge in [-0.2, -0.15) is 0 Å². The van der Waals surface area contributed by atoms with Crippen LogP contribution in [0.2, 0.25) is 0 Å². The van der Waals surface area contributed by atoms with Crippen LogP contribution in [-0.2, 0) is 11.3 Å². The molecule has 1 aromatic heterocycles. The summed E-state index contributed by atoms with van der Waals surface area (Å²) in [5.74, 6) is 2.64. The molecule has 0 aliphatic carbocycles. The van der Waals surface area contributed by atoms with Crippen molar-refractivity contribution in [2.24, 2.45) is 0 Å². The van der Waals surface area contributed by atoms with Crippen molar-refractivity contribution in [3.05, 3.63) is 5.82 Å². The highest BCUT2D eigenvalue weighted by molar-refractivity contribution is 5.28. The SMILES string of the molecule is C1CNc2nnc(C3CCOCC3)n2C1. The summed E-state index contributed by atoms with van der Waals surface area (Å²) in [6.07, 6.45) is 3.33. The molecule has 0 saturated carbocycles. The quantitative estimate of drug-likeness (QED) is 0.747. The maximum absolute atomic E-state index is 5.37. The van der Waals surface area contributed by atoms with E-state index in [1.807, 2.05) is 0 Å². The standard InChI is InChI=1S/C10H16N4O/c1-4-11-10-13-12-9(14(10)5-1)8-2-6-15-7-3-8/h8H,1-7H2,(H,11,13). The van der Waals surface area contributed by atoms with Crippen molar-refractivity contribution >= 4 is 5.95 Å². The lowest BCUT2D eigenvalue weighted by Gasteiger charge is -2.23. The van der Waals surface area contributed by atoms with E-state index in [9.17, 15) is 0 Å². The van der Waals surface area contributed by atoms with E-state index in [2.05, 4.69) is 20.1 Å². The Morgan fingerprint density at radius 3 is 3.00 bits per heavy atom. The van der Waals surface area contributed by atoms with Gasteiger partial charge in [-0.15, -0.1) is 10.2 Å². The van der Waals surface area contributed by atoms with Crippen molar-refractivity contribution in [3.63, 3.8) is 0 Å². The van der Waals surface area contributed by atoms with Crippen molar-refractivity contribution < 1.29 is 4.74 Å². The number of anilines is 1. The molecular formula is C10H16N4O. The Kier molecular flexibility index (Phi) is 2.32. The first-order valence-electron chi connectivity index (χ1n) is 5.70. The van der Waals surface area contributed by atoms with E-state index in [0.29, 0.717) is 5.92 Å². The van der Waals surface area contributed by atoms with Crippen LogP contribution in [0.3, 0.4) is 0 Å². The molecule has 3 heterocycles. The summed E-state index contributed by atoms with van der Waals surface area (Å²) in [6.45, 7) is 3.80. The minimum absolute atomic E-state index is 0.542. The molecule has 5 heteroatoms. The smallest absolute Gasteiger partial charge is 0.224 e. The molecule has 0 amide bonds. The lowest BCUT2D eigenvalue weighted by atomic mass is 9.99. The Labute approximate surface area is 88.8 Å². The molecule has 0 aromatic carbocycles. The number of hydrogen-bond donors (Lipinski definition) is 1. The van der Waals surface area contributed by atoms with Crippen LogP contribution in [0.5, 0.6) is 0 Å². The van der Waals surface area contributed by atoms with Crippen LogP contribution >= 0.6 is 0 Å². The fourth-order valence-electron chi connectivity index (χ4n) is 2.36. The van der Waals surface area contributed by atoms with Gasteiger partial charge in [0, 0.05) is 32.2 Å². The zero-order chi connectivity index (χ0) is 10.1. The van der Waals surface area contributed by atoms with E-state index in [-0.39, 0.29) is 0 Å². The topological polar surface area (TPSA) is 52.0 Å². The van der Waals surface area contributed by atoms with Gasteiger partial charge in [-0.05, 0) is 19.3 Å². The van der Waals surface area contributed by atoms with E-state index >= 15 is 0 Å². The van der Waals surface area contributed by atoms with Gasteiger partial charge in [0.25, 0.3) is 0 Å². The molecule has 0 radical (unpaired) electrons. The number of aromatic nitrogens is 3. The van der Waals surface area contributed by atoms with Crippen LogP contribution in [0.15, 0.2) is 0 Å². The molecule has 3 rings (SSSR count). The highest BCUT2D eigenvalue weighted by atomic mass is 16.5. The molecule has 15 heavy (non-hydrogen) atoms. The highest BCUT2D eigenvalue weighted by Crippen LogP contribution is 2.28. The monoisotopic (exact) mass is 208 g/mol. The van der Waals surface area contributed by atoms with Gasteiger partial charge in [-0.3, -0.25) is 4.57 Å². The molecule has 5 nitrogen and oxygen atoms in total. The minimum atomic E-state index is 0.542. The third-order valence-corrected chi connectivity index (χ3v) is 3.21. The lowest BCUT2D eigenvalue weighted by Crippen LogP contribution is -2.22. The molecule has 0 unspecified atom stereocenters. The molecule has 2 aliphatic heterocycles. The first-order chi connectivity index (χ1) is 7.45. The summed E-state index contributed by atoms with van der Waals surface area (Å²) in [4.78, 5) is 0. The summed E-state index contributed by atoms with van der Waals surface area (Å²) in [5.41, 5.74) is 0. The molecule has 0 spiro atoms. The van der Waals surface area contributed by atoms with Crippen LogP contribution in [0.4, 0.5) is 5.95 Å². The fourth-order valence-corrected chi connectivity index (χ4v) is 2.36. The van der Waals surface area contributed by atoms with Crippen LogP contribution in [0.25, 0.3) is 0 Å². The molecule has 1 fully saturated rings. The molecule has 0 atom stereocenters. The summed E-state index contributed by atoms with van der Waals surface area (Å²) < 4.78 is 7.60. The Hall–Kier alpha value is -1.10. The Bertz CT molecular complexity index is 343. The Morgan fingerprint density at radius 2 is 2.13 bits per heavy atom. The predicted molar refractivity (Wildman–Crippen MR) is 55.9 cm³/mol. The summed E-state index contributed by atoms with van der Waals surface area (Å²) in [6, 6.07) is 0. The first kappa shape index (κ1) is 9.15. The molecule has 82 valence electrons. The van der Waals surface area contributed by atoms with Gasteiger partial charge in [0.15, 0.2) is 0 Å². The van der Waals surface area contributed by atoms with E-state index in [0.717, 1.165) is 50.9 Å². The predicted octanol–water partition coefficient (Wildman–Crippen LogP) is 0.988. The minimum Gasteiger partial charge on any atom is -0.381 e. The Morgan fingerprint density at radius 1 is 1.27 bits per heavy atom. The van der Waals surface area contributed by atoms with E-state index in [4.69, 9.17) is 4.74 Å². The number of nitrogens with zero attached hydrogens (tertiary/aromatic N) is 3. The van der Waals surface area contributed by atoms with Crippen LogP contribution < -0.4 is 5.32 Å². The van der Waals surface area contributed by atoms with Crippen molar-refractivity contribution in [1.82, 2.24) is 14.8 Å². The largest absolute Gasteiger partial charge is 0.381 e. The van der Waals surface area contributed by atoms with Gasteiger partial charge >= 0.3 is 0 Å². The number of fused-ring (bicyclic) bond motifs is 1. The average Bonchev–Trinajstić information content (AvgIpc) is 2.74. The molecule has 1 aromatic rings. The molecular weight excluding hydrogens is 192 g/mol.